The van der Waals surface area contributed by atoms with E-state index in [2.05, 4.69) is 11.3 Å². The summed E-state index contributed by atoms with van der Waals surface area (Å²) < 4.78 is 32.6. The van der Waals surface area contributed by atoms with Crippen LogP contribution in [-0.2, 0) is 27.8 Å². The van der Waals surface area contributed by atoms with Crippen LogP contribution in [0.4, 0.5) is 5.69 Å². The summed E-state index contributed by atoms with van der Waals surface area (Å²) >= 11 is 1.16. The molecule has 0 atom stereocenters. The Kier molecular flexibility index (Phi) is 7.49. The SMILES string of the molecule is C=CCN(Cc1ccc(OC)cc1)C(=O)Cc1ccc(NS(=O)(=O)c2cccs2)cc1. The zero-order valence-corrected chi connectivity index (χ0v) is 18.8. The molecule has 0 aliphatic carbocycles. The summed E-state index contributed by atoms with van der Waals surface area (Å²) in [6.45, 7) is 4.65. The molecule has 162 valence electrons. The van der Waals surface area contributed by atoms with E-state index in [1.54, 1.807) is 59.9 Å². The first-order valence-electron chi connectivity index (χ1n) is 9.58. The van der Waals surface area contributed by atoms with E-state index in [-0.39, 0.29) is 16.5 Å². The zero-order valence-electron chi connectivity index (χ0n) is 17.2. The van der Waals surface area contributed by atoms with Crippen molar-refractivity contribution in [3.8, 4) is 5.75 Å². The van der Waals surface area contributed by atoms with Gasteiger partial charge in [0, 0.05) is 18.8 Å². The quantitative estimate of drug-likeness (QED) is 0.461. The molecule has 0 unspecified atom stereocenters. The molecular weight excluding hydrogens is 432 g/mol. The van der Waals surface area contributed by atoms with Crippen molar-refractivity contribution in [2.75, 3.05) is 18.4 Å². The van der Waals surface area contributed by atoms with Gasteiger partial charge in [0.1, 0.15) is 9.96 Å². The molecule has 0 aliphatic heterocycles. The number of hydrogen-bond acceptors (Lipinski definition) is 5. The Hall–Kier alpha value is -3.10. The second-order valence-corrected chi connectivity index (χ2v) is 9.68. The molecule has 3 aromatic rings. The molecule has 1 aromatic heterocycles. The lowest BCUT2D eigenvalue weighted by atomic mass is 10.1. The van der Waals surface area contributed by atoms with E-state index in [1.165, 1.54) is 0 Å². The van der Waals surface area contributed by atoms with Crippen LogP contribution in [0.15, 0.2) is 82.9 Å². The van der Waals surface area contributed by atoms with Gasteiger partial charge in [-0.05, 0) is 46.8 Å². The highest BCUT2D eigenvalue weighted by molar-refractivity contribution is 7.94. The number of nitrogens with one attached hydrogen (secondary N) is 1. The number of amides is 1. The van der Waals surface area contributed by atoms with E-state index in [0.29, 0.717) is 18.8 Å². The molecule has 0 bridgehead atoms. The van der Waals surface area contributed by atoms with Crippen LogP contribution >= 0.6 is 11.3 Å². The summed E-state index contributed by atoms with van der Waals surface area (Å²) in [7, 11) is -1.98. The van der Waals surface area contributed by atoms with Gasteiger partial charge >= 0.3 is 0 Å². The lowest BCUT2D eigenvalue weighted by molar-refractivity contribution is -0.130. The van der Waals surface area contributed by atoms with Crippen LogP contribution in [-0.4, -0.2) is 32.9 Å². The number of rotatable bonds is 10. The van der Waals surface area contributed by atoms with Crippen molar-refractivity contribution >= 4 is 33.0 Å². The van der Waals surface area contributed by atoms with Gasteiger partial charge in [0.2, 0.25) is 5.91 Å². The van der Waals surface area contributed by atoms with Crippen LogP contribution < -0.4 is 9.46 Å². The van der Waals surface area contributed by atoms with Crippen molar-refractivity contribution < 1.29 is 17.9 Å². The Balaban J connectivity index is 1.64. The molecule has 31 heavy (non-hydrogen) atoms. The highest BCUT2D eigenvalue weighted by Crippen LogP contribution is 2.21. The maximum atomic E-state index is 12.8. The maximum Gasteiger partial charge on any atom is 0.271 e. The molecule has 0 saturated heterocycles. The van der Waals surface area contributed by atoms with Crippen LogP contribution in [0.5, 0.6) is 5.75 Å². The minimum absolute atomic E-state index is 0.0392. The van der Waals surface area contributed by atoms with E-state index in [9.17, 15) is 13.2 Å². The third kappa shape index (κ3) is 6.19. The van der Waals surface area contributed by atoms with Gasteiger partial charge in [-0.15, -0.1) is 17.9 Å². The number of methoxy groups -OCH3 is 1. The summed E-state index contributed by atoms with van der Waals surface area (Å²) in [4.78, 5) is 14.6. The van der Waals surface area contributed by atoms with E-state index < -0.39 is 10.0 Å². The van der Waals surface area contributed by atoms with Crippen molar-refractivity contribution in [2.45, 2.75) is 17.2 Å². The van der Waals surface area contributed by atoms with Crippen molar-refractivity contribution in [3.05, 3.63) is 89.8 Å². The van der Waals surface area contributed by atoms with Gasteiger partial charge < -0.3 is 9.64 Å². The fraction of sp³-hybridized carbons (Fsp3) is 0.174. The minimum atomic E-state index is -3.59. The number of benzene rings is 2. The normalized spacial score (nSPS) is 11.0. The van der Waals surface area contributed by atoms with Gasteiger partial charge in [-0.25, -0.2) is 8.42 Å². The lowest BCUT2D eigenvalue weighted by Gasteiger charge is -2.21. The van der Waals surface area contributed by atoms with Gasteiger partial charge in [0.15, 0.2) is 0 Å². The average molecular weight is 457 g/mol. The van der Waals surface area contributed by atoms with Crippen LogP contribution in [0, 0.1) is 0 Å². The van der Waals surface area contributed by atoms with Crippen molar-refractivity contribution in [1.82, 2.24) is 4.90 Å². The first-order valence-corrected chi connectivity index (χ1v) is 11.9. The molecule has 0 aliphatic rings. The highest BCUT2D eigenvalue weighted by atomic mass is 32.2. The Labute approximate surface area is 186 Å². The standard InChI is InChI=1S/C23H24N2O4S2/c1-3-14-25(17-19-8-12-21(29-2)13-9-19)22(26)16-18-6-10-20(11-7-18)24-31(27,28)23-5-4-15-30-23/h3-13,15,24H,1,14,16-17H2,2H3. The molecule has 6 nitrogen and oxygen atoms in total. The van der Waals surface area contributed by atoms with Crippen LogP contribution in [0.3, 0.4) is 0 Å². The number of sulfonamides is 1. The van der Waals surface area contributed by atoms with Gasteiger partial charge in [-0.1, -0.05) is 36.4 Å². The second kappa shape index (κ2) is 10.3. The molecule has 8 heteroatoms. The number of thiophene rings is 1. The number of anilines is 1. The molecule has 1 amide bonds. The number of nitrogens with zero attached hydrogens (tertiary/aromatic N) is 1. The number of carbonyl (C=O) groups excluding carboxylic acids is 1. The van der Waals surface area contributed by atoms with Crippen molar-refractivity contribution in [3.63, 3.8) is 0 Å². The summed E-state index contributed by atoms with van der Waals surface area (Å²) in [5, 5.41) is 1.71. The van der Waals surface area contributed by atoms with Crippen LogP contribution in [0.2, 0.25) is 0 Å². The third-order valence-corrected chi connectivity index (χ3v) is 7.33. The Bertz CT molecular complexity index is 1110. The maximum absolute atomic E-state index is 12.8. The molecule has 2 aromatic carbocycles. The molecule has 0 spiro atoms. The van der Waals surface area contributed by atoms with Crippen LogP contribution in [0.25, 0.3) is 0 Å². The molecule has 0 fully saturated rings. The van der Waals surface area contributed by atoms with Gasteiger partial charge in [0.05, 0.1) is 13.5 Å². The van der Waals surface area contributed by atoms with Crippen molar-refractivity contribution in [1.29, 1.82) is 0 Å². The van der Waals surface area contributed by atoms with E-state index in [0.717, 1.165) is 28.2 Å². The Morgan fingerprint density at radius 1 is 1.10 bits per heavy atom. The lowest BCUT2D eigenvalue weighted by Crippen LogP contribution is -2.32. The zero-order chi connectivity index (χ0) is 22.3. The monoisotopic (exact) mass is 456 g/mol. The molecule has 3 rings (SSSR count). The molecule has 0 radical (unpaired) electrons. The summed E-state index contributed by atoms with van der Waals surface area (Å²) in [5.74, 6) is 0.725. The third-order valence-electron chi connectivity index (χ3n) is 4.56. The van der Waals surface area contributed by atoms with Gasteiger partial charge in [-0.2, -0.15) is 0 Å². The predicted octanol–water partition coefficient (Wildman–Crippen LogP) is 4.31. The fourth-order valence-corrected chi connectivity index (χ4v) is 5.01. The van der Waals surface area contributed by atoms with Gasteiger partial charge in [0.25, 0.3) is 10.0 Å². The second-order valence-electron chi connectivity index (χ2n) is 6.82. The molecule has 1 heterocycles. The molecule has 1 N–H and O–H groups in total. The molecule has 0 saturated carbocycles. The fourth-order valence-electron chi connectivity index (χ4n) is 2.96. The largest absolute Gasteiger partial charge is 0.497 e. The predicted molar refractivity (Wildman–Crippen MR) is 124 cm³/mol. The summed E-state index contributed by atoms with van der Waals surface area (Å²) in [5.41, 5.74) is 2.24. The Morgan fingerprint density at radius 3 is 2.35 bits per heavy atom. The minimum Gasteiger partial charge on any atom is -0.497 e. The topological polar surface area (TPSA) is 75.7 Å². The summed E-state index contributed by atoms with van der Waals surface area (Å²) in [6, 6.07) is 17.7. The van der Waals surface area contributed by atoms with Crippen molar-refractivity contribution in [2.24, 2.45) is 0 Å². The average Bonchev–Trinajstić information content (AvgIpc) is 3.31. The first kappa shape index (κ1) is 22.6. The van der Waals surface area contributed by atoms with Gasteiger partial charge in [-0.3, -0.25) is 9.52 Å². The van der Waals surface area contributed by atoms with E-state index in [4.69, 9.17) is 4.74 Å². The highest BCUT2D eigenvalue weighted by Gasteiger charge is 2.16. The van der Waals surface area contributed by atoms with Crippen LogP contribution in [0.1, 0.15) is 11.1 Å². The number of ether oxygens (including phenoxy) is 1. The smallest absolute Gasteiger partial charge is 0.271 e. The van der Waals surface area contributed by atoms with E-state index >= 15 is 0 Å². The summed E-state index contributed by atoms with van der Waals surface area (Å²) in [6.07, 6.45) is 1.91. The Morgan fingerprint density at radius 2 is 1.77 bits per heavy atom. The first-order chi connectivity index (χ1) is 14.9. The van der Waals surface area contributed by atoms with E-state index in [1.807, 2.05) is 24.3 Å². The number of carbonyl (C=O) groups is 1. The molecular formula is C23H24N2O4S2. The number of hydrogen-bond donors (Lipinski definition) is 1.